The molecule has 9 heteroatoms. The van der Waals surface area contributed by atoms with Gasteiger partial charge in [-0.15, -0.1) is 12.6 Å². The van der Waals surface area contributed by atoms with Crippen molar-refractivity contribution in [1.82, 2.24) is 10.2 Å². The number of rotatable bonds is 7. The first kappa shape index (κ1) is 26.6. The second-order valence-corrected chi connectivity index (χ2v) is 11.7. The number of thioether (sulfide) groups is 1. The van der Waals surface area contributed by atoms with Crippen LogP contribution in [0.2, 0.25) is 0 Å². The molecule has 2 aromatic carbocycles. The van der Waals surface area contributed by atoms with Crippen molar-refractivity contribution in [3.63, 3.8) is 0 Å². The molecular weight excluding hydrogens is 508 g/mol. The Bertz CT molecular complexity index is 1330. The smallest absolute Gasteiger partial charge is 0.330 e. The summed E-state index contributed by atoms with van der Waals surface area (Å²) >= 11 is 5.96. The van der Waals surface area contributed by atoms with Gasteiger partial charge in [-0.25, -0.2) is 4.79 Å². The highest BCUT2D eigenvalue weighted by atomic mass is 32.2. The van der Waals surface area contributed by atoms with Gasteiger partial charge in [0.25, 0.3) is 5.91 Å². The Morgan fingerprint density at radius 2 is 1.84 bits per heavy atom. The van der Waals surface area contributed by atoms with Crippen LogP contribution in [0.4, 0.5) is 0 Å². The lowest BCUT2D eigenvalue weighted by atomic mass is 9.94. The molecule has 0 saturated carbocycles. The molecule has 2 atom stereocenters. The molecule has 192 valence electrons. The summed E-state index contributed by atoms with van der Waals surface area (Å²) in [5.74, 6) is -1.00. The first-order chi connectivity index (χ1) is 17.5. The van der Waals surface area contributed by atoms with Gasteiger partial charge in [0, 0.05) is 23.1 Å². The Morgan fingerprint density at radius 1 is 1.16 bits per heavy atom. The lowest BCUT2D eigenvalue weighted by molar-refractivity contribution is -0.143. The topological polar surface area (TPSA) is 99.9 Å². The normalized spacial score (nSPS) is 17.7. The van der Waals surface area contributed by atoms with Crippen molar-refractivity contribution in [2.24, 2.45) is 5.41 Å². The minimum Gasteiger partial charge on any atom is -0.479 e. The average molecular weight is 537 g/mol. The van der Waals surface area contributed by atoms with Gasteiger partial charge in [-0.3, -0.25) is 9.59 Å². The van der Waals surface area contributed by atoms with Crippen LogP contribution in [0.3, 0.4) is 0 Å². The standard InChI is InChI=1S/C28H28N2O5S2/c1-28(2,3)26(34)29-23(25(32)33)20-11-9-19(10-12-20)21-13-18(16-35-21)14-22-24(31)30(27(36)37-22)15-17-7-5-4-6-8-17/h4-14,16,23,27,36H,15H2,1-3H3,(H,29,34)(H,32,33)/b22-14-/t23-,27-/m0/s1. The van der Waals surface area contributed by atoms with E-state index >= 15 is 0 Å². The van der Waals surface area contributed by atoms with Crippen molar-refractivity contribution in [1.29, 1.82) is 0 Å². The summed E-state index contributed by atoms with van der Waals surface area (Å²) in [5, 5.41) is 12.2. The Hall–Kier alpha value is -3.43. The molecule has 1 aromatic heterocycles. The number of nitrogens with zero attached hydrogens (tertiary/aromatic N) is 1. The van der Waals surface area contributed by atoms with Crippen LogP contribution < -0.4 is 5.32 Å². The number of carboxylic acid groups (broad SMARTS) is 1. The zero-order valence-corrected chi connectivity index (χ0v) is 22.4. The molecule has 1 fully saturated rings. The summed E-state index contributed by atoms with van der Waals surface area (Å²) < 4.78 is 5.44. The van der Waals surface area contributed by atoms with Gasteiger partial charge in [-0.1, -0.05) is 87.1 Å². The van der Waals surface area contributed by atoms with Crippen LogP contribution in [0, 0.1) is 5.41 Å². The number of benzene rings is 2. The molecule has 0 aliphatic carbocycles. The molecule has 0 radical (unpaired) electrons. The van der Waals surface area contributed by atoms with E-state index in [0.29, 0.717) is 22.8 Å². The maximum absolute atomic E-state index is 13.0. The zero-order valence-electron chi connectivity index (χ0n) is 20.7. The third-order valence-corrected chi connectivity index (χ3v) is 7.42. The van der Waals surface area contributed by atoms with Crippen molar-refractivity contribution in [3.05, 3.63) is 88.5 Å². The highest BCUT2D eigenvalue weighted by Gasteiger charge is 2.34. The average Bonchev–Trinajstić information content (AvgIpc) is 3.42. The summed E-state index contributed by atoms with van der Waals surface area (Å²) in [6.45, 7) is 5.66. The first-order valence-electron chi connectivity index (χ1n) is 11.7. The lowest BCUT2D eigenvalue weighted by Crippen LogP contribution is -2.40. The Kier molecular flexibility index (Phi) is 7.85. The number of carboxylic acids is 1. The number of carbonyl (C=O) groups is 3. The zero-order chi connectivity index (χ0) is 26.7. The van der Waals surface area contributed by atoms with E-state index in [1.165, 1.54) is 11.8 Å². The van der Waals surface area contributed by atoms with Gasteiger partial charge in [0.2, 0.25) is 5.91 Å². The van der Waals surface area contributed by atoms with Crippen molar-refractivity contribution in [2.75, 3.05) is 0 Å². The van der Waals surface area contributed by atoms with Gasteiger partial charge in [0.1, 0.15) is 10.5 Å². The van der Waals surface area contributed by atoms with E-state index in [1.807, 2.05) is 36.4 Å². The molecule has 7 nitrogen and oxygen atoms in total. The number of hydrogen-bond acceptors (Lipinski definition) is 6. The highest BCUT2D eigenvalue weighted by Crippen LogP contribution is 2.39. The van der Waals surface area contributed by atoms with Crippen LogP contribution in [0.5, 0.6) is 0 Å². The Labute approximate surface area is 225 Å². The van der Waals surface area contributed by atoms with Crippen LogP contribution in [-0.2, 0) is 20.9 Å². The SMILES string of the molecule is CC(C)(C)C(=O)N[C@H](C(=O)O)c1ccc(-c2cc(/C=C3\S[C@H](S)N(Cc4ccccc4)C3=O)co2)cc1. The fraction of sp³-hybridized carbons (Fsp3) is 0.250. The van der Waals surface area contributed by atoms with E-state index in [0.717, 1.165) is 16.7 Å². The second kappa shape index (κ2) is 10.9. The number of amides is 2. The maximum Gasteiger partial charge on any atom is 0.330 e. The molecule has 2 heterocycles. The quantitative estimate of drug-likeness (QED) is 0.270. The molecule has 1 aliphatic heterocycles. The van der Waals surface area contributed by atoms with Gasteiger partial charge in [-0.05, 0) is 23.3 Å². The molecule has 1 aliphatic rings. The first-order valence-corrected chi connectivity index (χ1v) is 13.1. The molecule has 0 bridgehead atoms. The third-order valence-electron chi connectivity index (χ3n) is 5.82. The number of hydrogen-bond donors (Lipinski definition) is 3. The fourth-order valence-electron chi connectivity index (χ4n) is 3.70. The summed E-state index contributed by atoms with van der Waals surface area (Å²) in [6, 6.07) is 17.2. The minimum absolute atomic E-state index is 0.0852. The molecule has 2 amide bonds. The van der Waals surface area contributed by atoms with E-state index in [4.69, 9.17) is 4.42 Å². The minimum atomic E-state index is -1.16. The molecular formula is C28H28N2O5S2. The molecule has 3 aromatic rings. The third kappa shape index (κ3) is 6.29. The van der Waals surface area contributed by atoms with Crippen LogP contribution in [-0.4, -0.2) is 32.5 Å². The van der Waals surface area contributed by atoms with Crippen molar-refractivity contribution >= 4 is 48.3 Å². The Balaban J connectivity index is 1.47. The Morgan fingerprint density at radius 3 is 2.46 bits per heavy atom. The molecule has 0 unspecified atom stereocenters. The summed E-state index contributed by atoms with van der Waals surface area (Å²) in [4.78, 5) is 39.4. The van der Waals surface area contributed by atoms with Gasteiger partial charge >= 0.3 is 5.97 Å². The highest BCUT2D eigenvalue weighted by molar-refractivity contribution is 8.14. The fourth-order valence-corrected chi connectivity index (χ4v) is 5.17. The summed E-state index contributed by atoms with van der Waals surface area (Å²) in [7, 11) is 0. The number of aliphatic carboxylic acids is 1. The van der Waals surface area contributed by atoms with E-state index < -0.39 is 17.4 Å². The van der Waals surface area contributed by atoms with Gasteiger partial charge < -0.3 is 19.7 Å². The number of carbonyl (C=O) groups excluding carboxylic acids is 2. The number of furan rings is 1. The number of thiol groups is 1. The van der Waals surface area contributed by atoms with E-state index in [-0.39, 0.29) is 16.5 Å². The van der Waals surface area contributed by atoms with E-state index in [1.54, 1.807) is 62.3 Å². The van der Waals surface area contributed by atoms with Crippen molar-refractivity contribution in [2.45, 2.75) is 38.1 Å². The molecule has 0 spiro atoms. The van der Waals surface area contributed by atoms with E-state index in [2.05, 4.69) is 17.9 Å². The van der Waals surface area contributed by atoms with Crippen LogP contribution >= 0.6 is 24.4 Å². The summed E-state index contributed by atoms with van der Waals surface area (Å²) in [5.41, 5.74) is 2.25. The van der Waals surface area contributed by atoms with Gasteiger partial charge in [0.05, 0.1) is 11.2 Å². The predicted molar refractivity (Wildman–Crippen MR) is 147 cm³/mol. The molecule has 4 rings (SSSR count). The van der Waals surface area contributed by atoms with Crippen LogP contribution in [0.1, 0.15) is 43.5 Å². The number of nitrogens with one attached hydrogen (secondary N) is 1. The molecule has 37 heavy (non-hydrogen) atoms. The van der Waals surface area contributed by atoms with E-state index in [9.17, 15) is 19.5 Å². The maximum atomic E-state index is 13.0. The lowest BCUT2D eigenvalue weighted by Gasteiger charge is -2.22. The largest absolute Gasteiger partial charge is 0.479 e. The van der Waals surface area contributed by atoms with Crippen molar-refractivity contribution < 1.29 is 23.9 Å². The predicted octanol–water partition coefficient (Wildman–Crippen LogP) is 5.56. The van der Waals surface area contributed by atoms with Gasteiger partial charge in [0.15, 0.2) is 6.04 Å². The monoisotopic (exact) mass is 536 g/mol. The van der Waals surface area contributed by atoms with Crippen molar-refractivity contribution in [3.8, 4) is 11.3 Å². The summed E-state index contributed by atoms with van der Waals surface area (Å²) in [6.07, 6.45) is 3.35. The van der Waals surface area contributed by atoms with Gasteiger partial charge in [-0.2, -0.15) is 0 Å². The molecule has 2 N–H and O–H groups in total. The van der Waals surface area contributed by atoms with Crippen LogP contribution in [0.15, 0.2) is 76.2 Å². The van der Waals surface area contributed by atoms with Crippen LogP contribution in [0.25, 0.3) is 17.4 Å². The molecule has 1 saturated heterocycles. The second-order valence-electron chi connectivity index (χ2n) is 9.73.